The molecule has 1 amide bonds. The number of nitrogens with one attached hydrogen (secondary N) is 2. The second-order valence-electron chi connectivity index (χ2n) is 4.55. The first-order valence-electron chi connectivity index (χ1n) is 6.16. The number of piperidine rings is 1. The van der Waals surface area contributed by atoms with Crippen LogP contribution in [0.3, 0.4) is 0 Å². The molecule has 0 atom stereocenters. The fourth-order valence-electron chi connectivity index (χ4n) is 2.11. The number of phenols is 1. The summed E-state index contributed by atoms with van der Waals surface area (Å²) in [7, 11) is 0. The highest BCUT2D eigenvalue weighted by Gasteiger charge is 2.21. The molecule has 4 N–H and O–H groups in total. The first kappa shape index (κ1) is 13.4. The van der Waals surface area contributed by atoms with Crippen molar-refractivity contribution >= 4 is 17.6 Å². The molecule has 6 heteroatoms. The van der Waals surface area contributed by atoms with Crippen LogP contribution in [0.5, 0.6) is 5.75 Å². The van der Waals surface area contributed by atoms with Crippen LogP contribution in [0, 0.1) is 5.92 Å². The smallest absolute Gasteiger partial charge is 0.339 e. The third-order valence-electron chi connectivity index (χ3n) is 3.20. The van der Waals surface area contributed by atoms with Gasteiger partial charge in [-0.05, 0) is 44.1 Å². The second-order valence-corrected chi connectivity index (χ2v) is 4.55. The molecule has 0 radical (unpaired) electrons. The van der Waals surface area contributed by atoms with E-state index in [0.717, 1.165) is 25.9 Å². The van der Waals surface area contributed by atoms with Crippen LogP contribution >= 0.6 is 0 Å². The van der Waals surface area contributed by atoms with Gasteiger partial charge in [0.05, 0.1) is 0 Å². The van der Waals surface area contributed by atoms with Crippen LogP contribution in [0.2, 0.25) is 0 Å². The molecular formula is C13H16N2O4. The molecule has 1 aromatic rings. The zero-order valence-corrected chi connectivity index (χ0v) is 10.3. The fraction of sp³-hybridized carbons (Fsp3) is 0.385. The number of carboxylic acids is 1. The summed E-state index contributed by atoms with van der Waals surface area (Å²) in [5.41, 5.74) is 0.168. The maximum absolute atomic E-state index is 12.0. The predicted octanol–water partition coefficient (Wildman–Crippen LogP) is 1.03. The number of aromatic hydroxyl groups is 1. The van der Waals surface area contributed by atoms with Crippen LogP contribution in [0.4, 0.5) is 5.69 Å². The molecule has 0 aromatic heterocycles. The van der Waals surface area contributed by atoms with E-state index in [1.54, 1.807) is 0 Å². The largest absolute Gasteiger partial charge is 0.507 e. The fourth-order valence-corrected chi connectivity index (χ4v) is 2.11. The average Bonchev–Trinajstić information content (AvgIpc) is 2.41. The first-order chi connectivity index (χ1) is 9.08. The van der Waals surface area contributed by atoms with E-state index in [2.05, 4.69) is 10.6 Å². The van der Waals surface area contributed by atoms with Crippen LogP contribution in [-0.2, 0) is 4.79 Å². The Labute approximate surface area is 110 Å². The molecule has 0 spiro atoms. The zero-order chi connectivity index (χ0) is 13.8. The molecule has 1 saturated heterocycles. The van der Waals surface area contributed by atoms with Crippen molar-refractivity contribution in [2.45, 2.75) is 12.8 Å². The summed E-state index contributed by atoms with van der Waals surface area (Å²) in [5.74, 6) is -1.70. The van der Waals surface area contributed by atoms with Gasteiger partial charge in [-0.15, -0.1) is 0 Å². The molecule has 1 fully saturated rings. The van der Waals surface area contributed by atoms with E-state index in [0.29, 0.717) is 5.69 Å². The highest BCUT2D eigenvalue weighted by atomic mass is 16.4. The lowest BCUT2D eigenvalue weighted by Crippen LogP contribution is -2.34. The van der Waals surface area contributed by atoms with Gasteiger partial charge in [0.15, 0.2) is 0 Å². The summed E-state index contributed by atoms with van der Waals surface area (Å²) in [6, 6.07) is 4.01. The van der Waals surface area contributed by atoms with Crippen molar-refractivity contribution in [3.63, 3.8) is 0 Å². The number of carbonyl (C=O) groups is 2. The molecule has 1 aliphatic heterocycles. The number of rotatable bonds is 3. The monoisotopic (exact) mass is 264 g/mol. The Morgan fingerprint density at radius 1 is 1.26 bits per heavy atom. The number of hydrogen-bond acceptors (Lipinski definition) is 4. The van der Waals surface area contributed by atoms with Crippen molar-refractivity contribution < 1.29 is 19.8 Å². The van der Waals surface area contributed by atoms with E-state index in [1.807, 2.05) is 0 Å². The number of hydrogen-bond donors (Lipinski definition) is 4. The maximum Gasteiger partial charge on any atom is 0.339 e. The summed E-state index contributed by atoms with van der Waals surface area (Å²) in [6.45, 7) is 1.63. The van der Waals surface area contributed by atoms with Gasteiger partial charge in [-0.2, -0.15) is 0 Å². The van der Waals surface area contributed by atoms with Gasteiger partial charge in [0.25, 0.3) is 0 Å². The van der Waals surface area contributed by atoms with E-state index in [9.17, 15) is 14.7 Å². The second kappa shape index (κ2) is 5.71. The number of carbonyl (C=O) groups excluding carboxylic acids is 1. The molecule has 1 heterocycles. The zero-order valence-electron chi connectivity index (χ0n) is 10.3. The summed E-state index contributed by atoms with van der Waals surface area (Å²) >= 11 is 0. The van der Waals surface area contributed by atoms with Crippen molar-refractivity contribution in [3.05, 3.63) is 23.8 Å². The molecule has 1 aromatic carbocycles. The Balaban J connectivity index is 2.08. The summed E-state index contributed by atoms with van der Waals surface area (Å²) in [6.07, 6.45) is 1.55. The van der Waals surface area contributed by atoms with Crippen molar-refractivity contribution in [1.29, 1.82) is 0 Å². The van der Waals surface area contributed by atoms with E-state index in [4.69, 9.17) is 5.11 Å². The van der Waals surface area contributed by atoms with Crippen LogP contribution in [0.15, 0.2) is 18.2 Å². The normalized spacial score (nSPS) is 16.0. The quantitative estimate of drug-likeness (QED) is 0.611. The van der Waals surface area contributed by atoms with Crippen molar-refractivity contribution in [2.75, 3.05) is 18.4 Å². The van der Waals surface area contributed by atoms with E-state index < -0.39 is 5.97 Å². The molecule has 19 heavy (non-hydrogen) atoms. The third-order valence-corrected chi connectivity index (χ3v) is 3.20. The molecule has 6 nitrogen and oxygen atoms in total. The molecular weight excluding hydrogens is 248 g/mol. The van der Waals surface area contributed by atoms with Gasteiger partial charge in [0, 0.05) is 11.6 Å². The Morgan fingerprint density at radius 2 is 1.95 bits per heavy atom. The Bertz CT molecular complexity index is 495. The van der Waals surface area contributed by atoms with Gasteiger partial charge in [-0.3, -0.25) is 4.79 Å². The van der Waals surface area contributed by atoms with Crippen LogP contribution in [-0.4, -0.2) is 35.2 Å². The number of aromatic carboxylic acids is 1. The van der Waals surface area contributed by atoms with Crippen molar-refractivity contribution in [3.8, 4) is 5.75 Å². The number of amides is 1. The Kier molecular flexibility index (Phi) is 4.01. The minimum Gasteiger partial charge on any atom is -0.507 e. The van der Waals surface area contributed by atoms with Crippen LogP contribution in [0.25, 0.3) is 0 Å². The van der Waals surface area contributed by atoms with Crippen LogP contribution < -0.4 is 10.6 Å². The van der Waals surface area contributed by atoms with Gasteiger partial charge < -0.3 is 20.8 Å². The van der Waals surface area contributed by atoms with E-state index in [1.165, 1.54) is 18.2 Å². The maximum atomic E-state index is 12.0. The van der Waals surface area contributed by atoms with Gasteiger partial charge in [0.2, 0.25) is 5.91 Å². The van der Waals surface area contributed by atoms with Gasteiger partial charge in [0.1, 0.15) is 11.3 Å². The third kappa shape index (κ3) is 3.23. The molecule has 2 rings (SSSR count). The van der Waals surface area contributed by atoms with Gasteiger partial charge in [-0.25, -0.2) is 4.79 Å². The SMILES string of the molecule is O=C(O)c1cc(NC(=O)C2CCNCC2)ccc1O. The van der Waals surface area contributed by atoms with Crippen molar-refractivity contribution in [2.24, 2.45) is 5.92 Å². The van der Waals surface area contributed by atoms with Gasteiger partial charge >= 0.3 is 5.97 Å². The lowest BCUT2D eigenvalue weighted by molar-refractivity contribution is -0.120. The summed E-state index contributed by atoms with van der Waals surface area (Å²) in [4.78, 5) is 22.9. The molecule has 0 unspecified atom stereocenters. The lowest BCUT2D eigenvalue weighted by atomic mass is 9.97. The summed E-state index contributed by atoms with van der Waals surface area (Å²) < 4.78 is 0. The topological polar surface area (TPSA) is 98.7 Å². The number of anilines is 1. The molecule has 1 aliphatic rings. The standard InChI is InChI=1S/C13H16N2O4/c16-11-2-1-9(7-10(11)13(18)19)15-12(17)8-3-5-14-6-4-8/h1-2,7-8,14,16H,3-6H2,(H,15,17)(H,18,19). The average molecular weight is 264 g/mol. The number of carboxylic acid groups (broad SMARTS) is 1. The first-order valence-corrected chi connectivity index (χ1v) is 6.16. The Hall–Kier alpha value is -2.08. The molecule has 102 valence electrons. The van der Waals surface area contributed by atoms with E-state index >= 15 is 0 Å². The lowest BCUT2D eigenvalue weighted by Gasteiger charge is -2.21. The van der Waals surface area contributed by atoms with E-state index in [-0.39, 0.29) is 23.1 Å². The van der Waals surface area contributed by atoms with Gasteiger partial charge in [-0.1, -0.05) is 0 Å². The molecule has 0 bridgehead atoms. The Morgan fingerprint density at radius 3 is 2.58 bits per heavy atom. The number of benzene rings is 1. The minimum atomic E-state index is -1.23. The molecule has 0 aliphatic carbocycles. The summed E-state index contributed by atoms with van der Waals surface area (Å²) in [5, 5.41) is 24.1. The highest BCUT2D eigenvalue weighted by molar-refractivity contribution is 5.96. The van der Waals surface area contributed by atoms with Crippen molar-refractivity contribution in [1.82, 2.24) is 5.32 Å². The highest BCUT2D eigenvalue weighted by Crippen LogP contribution is 2.22. The van der Waals surface area contributed by atoms with Crippen LogP contribution in [0.1, 0.15) is 23.2 Å². The predicted molar refractivity (Wildman–Crippen MR) is 69.3 cm³/mol. The molecule has 0 saturated carbocycles. The minimum absolute atomic E-state index is 0.0525.